The van der Waals surface area contributed by atoms with Gasteiger partial charge in [-0.2, -0.15) is 0 Å². The first-order valence-corrected chi connectivity index (χ1v) is 11.7. The van der Waals surface area contributed by atoms with Gasteiger partial charge in [-0.05, 0) is 24.6 Å². The van der Waals surface area contributed by atoms with E-state index in [9.17, 15) is 19.1 Å². The SMILES string of the molecule is C[C@H]1SCc2ncnc(N3CCN([C@@H](c4ccc(Cl)c(F)c4)C(C=O)NC(=O)O)CC3)c21. The minimum Gasteiger partial charge on any atom is -0.465 e. The highest BCUT2D eigenvalue weighted by molar-refractivity contribution is 7.99. The first-order chi connectivity index (χ1) is 15.4. The predicted molar refractivity (Wildman–Crippen MR) is 121 cm³/mol. The fourth-order valence-electron chi connectivity index (χ4n) is 4.38. The summed E-state index contributed by atoms with van der Waals surface area (Å²) in [5, 5.41) is 11.8. The lowest BCUT2D eigenvalue weighted by atomic mass is 9.97. The van der Waals surface area contributed by atoms with E-state index >= 15 is 0 Å². The maximum absolute atomic E-state index is 14.2. The highest BCUT2D eigenvalue weighted by Crippen LogP contribution is 2.44. The second-order valence-corrected chi connectivity index (χ2v) is 9.50. The molecule has 11 heteroatoms. The van der Waals surface area contributed by atoms with Crippen molar-refractivity contribution in [1.82, 2.24) is 20.2 Å². The summed E-state index contributed by atoms with van der Waals surface area (Å²) in [6.07, 6.45) is 0.828. The van der Waals surface area contributed by atoms with Gasteiger partial charge in [0, 0.05) is 42.7 Å². The molecule has 32 heavy (non-hydrogen) atoms. The number of amides is 1. The maximum atomic E-state index is 14.2. The molecule has 1 amide bonds. The van der Waals surface area contributed by atoms with Crippen molar-refractivity contribution in [2.24, 2.45) is 0 Å². The molecule has 8 nitrogen and oxygen atoms in total. The van der Waals surface area contributed by atoms with E-state index in [1.165, 1.54) is 17.7 Å². The van der Waals surface area contributed by atoms with Gasteiger partial charge in [-0.15, -0.1) is 11.8 Å². The van der Waals surface area contributed by atoms with Gasteiger partial charge >= 0.3 is 6.09 Å². The standard InChI is InChI=1S/C21H23ClFN5O3S/c1-12-18-17(10-32-12)24-11-25-20(18)28-6-4-27(5-7-28)19(16(9-29)26-21(30)31)13-2-3-14(22)15(23)8-13/h2-3,8-9,11-12,16,19,26H,4-7,10H2,1H3,(H,30,31)/t12-,16?,19+/m1/s1. The third kappa shape index (κ3) is 4.53. The monoisotopic (exact) mass is 479 g/mol. The van der Waals surface area contributed by atoms with Crippen LogP contribution in [0.25, 0.3) is 0 Å². The lowest BCUT2D eigenvalue weighted by Gasteiger charge is -2.42. The van der Waals surface area contributed by atoms with Crippen molar-refractivity contribution in [3.63, 3.8) is 0 Å². The number of rotatable bonds is 6. The van der Waals surface area contributed by atoms with E-state index in [-0.39, 0.29) is 5.02 Å². The van der Waals surface area contributed by atoms with Crippen molar-refractivity contribution in [3.8, 4) is 0 Å². The Balaban J connectivity index is 1.58. The number of aldehydes is 1. The van der Waals surface area contributed by atoms with Gasteiger partial charge < -0.3 is 20.1 Å². The lowest BCUT2D eigenvalue weighted by Crippen LogP contribution is -2.54. The Morgan fingerprint density at radius 3 is 2.75 bits per heavy atom. The number of piperazine rings is 1. The molecule has 1 saturated heterocycles. The van der Waals surface area contributed by atoms with Crippen molar-refractivity contribution in [2.45, 2.75) is 30.0 Å². The first kappa shape index (κ1) is 22.8. The normalized spacial score (nSPS) is 20.5. The van der Waals surface area contributed by atoms with Crippen LogP contribution < -0.4 is 10.2 Å². The van der Waals surface area contributed by atoms with E-state index in [1.54, 1.807) is 12.4 Å². The fourth-order valence-corrected chi connectivity index (χ4v) is 5.54. The van der Waals surface area contributed by atoms with E-state index in [0.29, 0.717) is 43.3 Å². The molecule has 3 heterocycles. The molecule has 0 bridgehead atoms. The number of nitrogens with zero attached hydrogens (tertiary/aromatic N) is 4. The van der Waals surface area contributed by atoms with Crippen LogP contribution in [0.1, 0.15) is 35.0 Å². The van der Waals surface area contributed by atoms with Crippen molar-refractivity contribution >= 4 is 41.6 Å². The zero-order valence-corrected chi connectivity index (χ0v) is 18.9. The van der Waals surface area contributed by atoms with Gasteiger partial charge in [0.1, 0.15) is 30.3 Å². The minimum atomic E-state index is -1.32. The molecule has 1 fully saturated rings. The molecule has 1 unspecified atom stereocenters. The number of thioether (sulfide) groups is 1. The molecule has 2 aliphatic rings. The number of carbonyl (C=O) groups excluding carboxylic acids is 1. The largest absolute Gasteiger partial charge is 0.465 e. The lowest BCUT2D eigenvalue weighted by molar-refractivity contribution is -0.111. The molecule has 2 aromatic rings. The van der Waals surface area contributed by atoms with Crippen LogP contribution in [0.4, 0.5) is 15.0 Å². The zero-order valence-electron chi connectivity index (χ0n) is 17.4. The molecule has 1 aromatic heterocycles. The second-order valence-electron chi connectivity index (χ2n) is 7.76. The van der Waals surface area contributed by atoms with Crippen LogP contribution in [0, 0.1) is 5.82 Å². The third-order valence-corrected chi connectivity index (χ3v) is 7.37. The van der Waals surface area contributed by atoms with Gasteiger partial charge in [-0.1, -0.05) is 17.7 Å². The average molecular weight is 480 g/mol. The summed E-state index contributed by atoms with van der Waals surface area (Å²) in [6.45, 7) is 4.50. The molecule has 0 radical (unpaired) electrons. The van der Waals surface area contributed by atoms with Gasteiger partial charge in [-0.25, -0.2) is 19.2 Å². The topological polar surface area (TPSA) is 98.7 Å². The first-order valence-electron chi connectivity index (χ1n) is 10.2. The number of hydrogen-bond donors (Lipinski definition) is 2. The van der Waals surface area contributed by atoms with Crippen LogP contribution in [0.5, 0.6) is 0 Å². The Labute approximate surface area is 194 Å². The Bertz CT molecular complexity index is 1020. The summed E-state index contributed by atoms with van der Waals surface area (Å²) in [7, 11) is 0. The molecule has 4 rings (SSSR count). The van der Waals surface area contributed by atoms with E-state index < -0.39 is 24.0 Å². The number of nitrogens with one attached hydrogen (secondary N) is 1. The number of aromatic nitrogens is 2. The van der Waals surface area contributed by atoms with Gasteiger partial charge in [-0.3, -0.25) is 4.90 Å². The fraction of sp³-hybridized carbons (Fsp3) is 0.429. The van der Waals surface area contributed by atoms with Gasteiger partial charge in [0.15, 0.2) is 0 Å². The molecule has 0 aliphatic carbocycles. The van der Waals surface area contributed by atoms with Crippen molar-refractivity contribution < 1.29 is 19.1 Å². The minimum absolute atomic E-state index is 0.0317. The summed E-state index contributed by atoms with van der Waals surface area (Å²) in [4.78, 5) is 36.2. The molecule has 2 N–H and O–H groups in total. The summed E-state index contributed by atoms with van der Waals surface area (Å²) in [6, 6.07) is 2.58. The number of halogens is 2. The zero-order chi connectivity index (χ0) is 22.8. The summed E-state index contributed by atoms with van der Waals surface area (Å²) < 4.78 is 14.2. The molecular weight excluding hydrogens is 457 g/mol. The van der Waals surface area contributed by atoms with E-state index in [0.717, 1.165) is 17.3 Å². The quantitative estimate of drug-likeness (QED) is 0.609. The van der Waals surface area contributed by atoms with Crippen molar-refractivity contribution in [3.05, 3.63) is 52.2 Å². The number of benzene rings is 1. The van der Waals surface area contributed by atoms with Gasteiger partial charge in [0.2, 0.25) is 0 Å². The van der Waals surface area contributed by atoms with Crippen LogP contribution in [0.2, 0.25) is 5.02 Å². The van der Waals surface area contributed by atoms with Crippen LogP contribution in [-0.2, 0) is 10.5 Å². The number of carbonyl (C=O) groups is 2. The van der Waals surface area contributed by atoms with Crippen LogP contribution in [0.15, 0.2) is 24.5 Å². The average Bonchev–Trinajstić information content (AvgIpc) is 3.17. The summed E-state index contributed by atoms with van der Waals surface area (Å²) in [5.41, 5.74) is 2.72. The molecule has 1 aromatic carbocycles. The summed E-state index contributed by atoms with van der Waals surface area (Å²) >= 11 is 7.66. The van der Waals surface area contributed by atoms with Crippen LogP contribution in [0.3, 0.4) is 0 Å². The van der Waals surface area contributed by atoms with E-state index in [2.05, 4.69) is 27.1 Å². The molecule has 0 saturated carbocycles. The molecule has 3 atom stereocenters. The highest BCUT2D eigenvalue weighted by Gasteiger charge is 2.35. The number of hydrogen-bond acceptors (Lipinski definition) is 7. The smallest absolute Gasteiger partial charge is 0.405 e. The second kappa shape index (κ2) is 9.60. The predicted octanol–water partition coefficient (Wildman–Crippen LogP) is 3.28. The van der Waals surface area contributed by atoms with Crippen LogP contribution >= 0.6 is 23.4 Å². The van der Waals surface area contributed by atoms with E-state index in [1.807, 2.05) is 16.7 Å². The summed E-state index contributed by atoms with van der Waals surface area (Å²) in [5.74, 6) is 1.19. The third-order valence-electron chi connectivity index (χ3n) is 5.89. The van der Waals surface area contributed by atoms with Crippen LogP contribution in [-0.4, -0.2) is 64.6 Å². The molecular formula is C21H23ClFN5O3S. The van der Waals surface area contributed by atoms with Crippen molar-refractivity contribution in [1.29, 1.82) is 0 Å². The maximum Gasteiger partial charge on any atom is 0.405 e. The Kier molecular flexibility index (Phi) is 6.82. The number of fused-ring (bicyclic) bond motifs is 1. The van der Waals surface area contributed by atoms with Gasteiger partial charge in [0.25, 0.3) is 0 Å². The molecule has 0 spiro atoms. The van der Waals surface area contributed by atoms with Crippen molar-refractivity contribution in [2.75, 3.05) is 31.1 Å². The van der Waals surface area contributed by atoms with E-state index in [4.69, 9.17) is 11.6 Å². The Morgan fingerprint density at radius 1 is 1.34 bits per heavy atom. The Morgan fingerprint density at radius 2 is 2.09 bits per heavy atom. The highest BCUT2D eigenvalue weighted by atomic mass is 35.5. The number of anilines is 1. The van der Waals surface area contributed by atoms with Gasteiger partial charge in [0.05, 0.1) is 16.8 Å². The Hall–Kier alpha value is -2.43. The molecule has 170 valence electrons. The number of carboxylic acid groups (broad SMARTS) is 1. The molecule has 2 aliphatic heterocycles.